The standard InChI is InChI=1S/C29H28FN7O4/c1-29(27(38)32-13-4-12-31)16-40-26(41-17-29)25-36-23(18-7-9-19(30)10-8-18)24(37-25)22-11-14-33-28(35-22)34-20-5-3-6-21(15-20)39-2/h3,5-11,14-15,26H,4,13,16-17H2,1-2H3,(H,32,38)(H,36,37)(H,33,34,35). The number of aromatic nitrogens is 4. The van der Waals surface area contributed by atoms with Gasteiger partial charge in [0.2, 0.25) is 18.1 Å². The third-order valence-electron chi connectivity index (χ3n) is 6.48. The molecule has 0 atom stereocenters. The molecule has 41 heavy (non-hydrogen) atoms. The van der Waals surface area contributed by atoms with Gasteiger partial charge in [-0.3, -0.25) is 4.79 Å². The number of nitrogens with zero attached hydrogens (tertiary/aromatic N) is 4. The fourth-order valence-electron chi connectivity index (χ4n) is 4.24. The highest BCUT2D eigenvalue weighted by molar-refractivity contribution is 5.82. The molecule has 1 fully saturated rings. The van der Waals surface area contributed by atoms with E-state index in [1.54, 1.807) is 38.4 Å². The molecule has 0 aliphatic carbocycles. The molecule has 210 valence electrons. The number of hydrogen-bond donors (Lipinski definition) is 3. The molecule has 3 heterocycles. The molecule has 0 radical (unpaired) electrons. The van der Waals surface area contributed by atoms with Crippen LogP contribution in [0, 0.1) is 22.6 Å². The zero-order valence-corrected chi connectivity index (χ0v) is 22.5. The van der Waals surface area contributed by atoms with Gasteiger partial charge in [0, 0.05) is 30.1 Å². The number of methoxy groups -OCH3 is 1. The molecule has 12 heteroatoms. The molecule has 0 bridgehead atoms. The third kappa shape index (κ3) is 6.32. The summed E-state index contributed by atoms with van der Waals surface area (Å²) in [6.07, 6.45) is 0.955. The first-order valence-corrected chi connectivity index (χ1v) is 12.9. The number of imidazole rings is 1. The van der Waals surface area contributed by atoms with Gasteiger partial charge in [0.25, 0.3) is 0 Å². The van der Waals surface area contributed by atoms with Crippen LogP contribution in [0.5, 0.6) is 5.75 Å². The van der Waals surface area contributed by atoms with Gasteiger partial charge in [-0.2, -0.15) is 5.26 Å². The molecule has 11 nitrogen and oxygen atoms in total. The van der Waals surface area contributed by atoms with Crippen molar-refractivity contribution in [3.8, 4) is 34.5 Å². The summed E-state index contributed by atoms with van der Waals surface area (Å²) >= 11 is 0. The second kappa shape index (κ2) is 12.1. The fourth-order valence-corrected chi connectivity index (χ4v) is 4.24. The van der Waals surface area contributed by atoms with Crippen LogP contribution in [0.4, 0.5) is 16.0 Å². The van der Waals surface area contributed by atoms with Crippen molar-refractivity contribution in [2.24, 2.45) is 5.41 Å². The Hall–Kier alpha value is -4.86. The number of hydrogen-bond acceptors (Lipinski definition) is 9. The Balaban J connectivity index is 1.42. The summed E-state index contributed by atoms with van der Waals surface area (Å²) in [6.45, 7) is 2.16. The van der Waals surface area contributed by atoms with Crippen LogP contribution in [0.1, 0.15) is 25.5 Å². The van der Waals surface area contributed by atoms with Gasteiger partial charge in [-0.05, 0) is 49.4 Å². The van der Waals surface area contributed by atoms with Crippen molar-refractivity contribution < 1.29 is 23.4 Å². The van der Waals surface area contributed by atoms with Gasteiger partial charge in [0.1, 0.15) is 11.6 Å². The monoisotopic (exact) mass is 557 g/mol. The Morgan fingerprint density at radius 1 is 1.20 bits per heavy atom. The predicted molar refractivity (Wildman–Crippen MR) is 147 cm³/mol. The summed E-state index contributed by atoms with van der Waals surface area (Å²) < 4.78 is 30.9. The van der Waals surface area contributed by atoms with Crippen LogP contribution in [0.25, 0.3) is 22.6 Å². The maximum Gasteiger partial charge on any atom is 0.230 e. The quantitative estimate of drug-likeness (QED) is 0.253. The van der Waals surface area contributed by atoms with Crippen molar-refractivity contribution in [2.45, 2.75) is 19.6 Å². The maximum atomic E-state index is 13.7. The van der Waals surface area contributed by atoms with E-state index in [9.17, 15) is 9.18 Å². The molecular weight excluding hydrogens is 529 g/mol. The van der Waals surface area contributed by atoms with Gasteiger partial charge in [-0.25, -0.2) is 19.3 Å². The van der Waals surface area contributed by atoms with Crippen LogP contribution >= 0.6 is 0 Å². The average Bonchev–Trinajstić information content (AvgIpc) is 3.44. The lowest BCUT2D eigenvalue weighted by molar-refractivity contribution is -0.231. The number of H-pyrrole nitrogens is 1. The normalized spacial score (nSPS) is 18.3. The molecule has 1 saturated heterocycles. The van der Waals surface area contributed by atoms with Crippen LogP contribution in [0.2, 0.25) is 0 Å². The molecule has 2 aromatic carbocycles. The second-order valence-electron chi connectivity index (χ2n) is 9.65. The number of amides is 1. The molecule has 3 N–H and O–H groups in total. The maximum absolute atomic E-state index is 13.7. The van der Waals surface area contributed by atoms with Crippen molar-refractivity contribution in [2.75, 3.05) is 32.2 Å². The van der Waals surface area contributed by atoms with Crippen LogP contribution in [0.15, 0.2) is 60.8 Å². The number of halogens is 1. The molecule has 0 saturated carbocycles. The molecule has 5 rings (SSSR count). The lowest BCUT2D eigenvalue weighted by Gasteiger charge is -2.35. The largest absolute Gasteiger partial charge is 0.497 e. The van der Waals surface area contributed by atoms with Crippen LogP contribution in [-0.4, -0.2) is 52.7 Å². The molecule has 4 aromatic rings. The number of rotatable bonds is 9. The Labute approximate surface area is 235 Å². The van der Waals surface area contributed by atoms with E-state index < -0.39 is 11.7 Å². The summed E-state index contributed by atoms with van der Waals surface area (Å²) in [5, 5.41) is 14.6. The van der Waals surface area contributed by atoms with Crippen molar-refractivity contribution >= 4 is 17.5 Å². The number of nitrogens with one attached hydrogen (secondary N) is 3. The van der Waals surface area contributed by atoms with Gasteiger partial charge >= 0.3 is 0 Å². The number of anilines is 2. The molecule has 0 spiro atoms. The summed E-state index contributed by atoms with van der Waals surface area (Å²) in [5.41, 5.74) is 2.07. The number of carbonyl (C=O) groups excluding carboxylic acids is 1. The minimum absolute atomic E-state index is 0.0834. The summed E-state index contributed by atoms with van der Waals surface area (Å²) in [6, 6.07) is 17.1. The van der Waals surface area contributed by atoms with Crippen molar-refractivity contribution in [1.82, 2.24) is 25.3 Å². The van der Waals surface area contributed by atoms with Crippen molar-refractivity contribution in [3.05, 3.63) is 72.4 Å². The van der Waals surface area contributed by atoms with Gasteiger partial charge in [-0.15, -0.1) is 0 Å². The Morgan fingerprint density at radius 2 is 1.98 bits per heavy atom. The fraction of sp³-hybridized carbons (Fsp3) is 0.276. The Bertz CT molecular complexity index is 1560. The van der Waals surface area contributed by atoms with Gasteiger partial charge in [-0.1, -0.05) is 6.07 Å². The first kappa shape index (κ1) is 27.7. The van der Waals surface area contributed by atoms with E-state index in [-0.39, 0.29) is 37.9 Å². The first-order chi connectivity index (χ1) is 19.9. The Kier molecular flexibility index (Phi) is 8.19. The van der Waals surface area contributed by atoms with Gasteiger partial charge in [0.05, 0.1) is 55.3 Å². The second-order valence-corrected chi connectivity index (χ2v) is 9.65. The van der Waals surface area contributed by atoms with Crippen LogP contribution < -0.4 is 15.4 Å². The highest BCUT2D eigenvalue weighted by atomic mass is 19.1. The molecule has 2 aromatic heterocycles. The van der Waals surface area contributed by atoms with E-state index in [0.29, 0.717) is 40.2 Å². The summed E-state index contributed by atoms with van der Waals surface area (Å²) in [7, 11) is 1.59. The summed E-state index contributed by atoms with van der Waals surface area (Å²) in [5.74, 6) is 0.776. The molecule has 1 amide bonds. The van der Waals surface area contributed by atoms with E-state index >= 15 is 0 Å². The number of nitriles is 1. The highest BCUT2D eigenvalue weighted by Gasteiger charge is 2.40. The zero-order valence-electron chi connectivity index (χ0n) is 22.5. The van der Waals surface area contributed by atoms with E-state index in [1.807, 2.05) is 30.3 Å². The molecule has 1 aliphatic heterocycles. The third-order valence-corrected chi connectivity index (χ3v) is 6.48. The van der Waals surface area contributed by atoms with E-state index in [1.165, 1.54) is 12.1 Å². The smallest absolute Gasteiger partial charge is 0.230 e. The minimum Gasteiger partial charge on any atom is -0.497 e. The van der Waals surface area contributed by atoms with Crippen LogP contribution in [0.3, 0.4) is 0 Å². The Morgan fingerprint density at radius 3 is 2.71 bits per heavy atom. The molecule has 1 aliphatic rings. The van der Waals surface area contributed by atoms with Gasteiger partial charge in [0.15, 0.2) is 5.82 Å². The topological polar surface area (TPSA) is 147 Å². The SMILES string of the molecule is COc1cccc(Nc2nccc(-c3[nH]c(C4OCC(C)(C(=O)NCCC#N)CO4)nc3-c3ccc(F)cc3)n2)c1. The number of aromatic amines is 1. The first-order valence-electron chi connectivity index (χ1n) is 12.9. The predicted octanol–water partition coefficient (Wildman–Crippen LogP) is 4.51. The van der Waals surface area contributed by atoms with Crippen LogP contribution in [-0.2, 0) is 14.3 Å². The number of ether oxygens (including phenoxy) is 3. The van der Waals surface area contributed by atoms with Crippen molar-refractivity contribution in [1.29, 1.82) is 5.26 Å². The molecule has 0 unspecified atom stereocenters. The lowest BCUT2D eigenvalue weighted by Crippen LogP contribution is -2.48. The number of carbonyl (C=O) groups is 1. The lowest BCUT2D eigenvalue weighted by atomic mass is 9.91. The minimum atomic E-state index is -0.922. The van der Waals surface area contributed by atoms with E-state index in [0.717, 1.165) is 5.69 Å². The average molecular weight is 558 g/mol. The van der Waals surface area contributed by atoms with E-state index in [4.69, 9.17) is 24.5 Å². The highest BCUT2D eigenvalue weighted by Crippen LogP contribution is 2.36. The van der Waals surface area contributed by atoms with E-state index in [2.05, 4.69) is 25.6 Å². The molecular formula is C29H28FN7O4. The zero-order chi connectivity index (χ0) is 28.8. The summed E-state index contributed by atoms with van der Waals surface area (Å²) in [4.78, 5) is 29.6. The van der Waals surface area contributed by atoms with Gasteiger partial charge < -0.3 is 29.8 Å². The number of benzene rings is 2. The van der Waals surface area contributed by atoms with Crippen molar-refractivity contribution in [3.63, 3.8) is 0 Å².